The molecule has 0 fully saturated rings. The fourth-order valence-corrected chi connectivity index (χ4v) is 2.78. The Hall–Kier alpha value is 0.110. The minimum absolute atomic E-state index is 0.476. The van der Waals surface area contributed by atoms with Crippen LogP contribution in [-0.2, 0) is 0 Å². The number of benzene rings is 1. The Morgan fingerprint density at radius 2 is 1.94 bits per heavy atom. The van der Waals surface area contributed by atoms with E-state index in [0.717, 1.165) is 11.4 Å². The molecule has 0 aliphatic heterocycles. The molecule has 90 valence electrons. The molecular formula is C12H17Cl2NS. The van der Waals surface area contributed by atoms with Gasteiger partial charge in [-0.3, -0.25) is 0 Å². The third kappa shape index (κ3) is 4.17. The number of hydrogen-bond acceptors (Lipinski definition) is 2. The lowest BCUT2D eigenvalue weighted by atomic mass is 10.2. The number of nitrogens with one attached hydrogen (secondary N) is 1. The largest absolute Gasteiger partial charge is 0.313 e. The van der Waals surface area contributed by atoms with Gasteiger partial charge in [0.05, 0.1) is 10.0 Å². The Morgan fingerprint density at radius 3 is 2.50 bits per heavy atom. The van der Waals surface area contributed by atoms with E-state index in [1.165, 1.54) is 0 Å². The minimum atomic E-state index is 0.476. The summed E-state index contributed by atoms with van der Waals surface area (Å²) < 4.78 is 0. The second kappa shape index (κ2) is 6.75. The summed E-state index contributed by atoms with van der Waals surface area (Å²) >= 11 is 13.7. The van der Waals surface area contributed by atoms with E-state index in [4.69, 9.17) is 23.2 Å². The van der Waals surface area contributed by atoms with Gasteiger partial charge in [0.2, 0.25) is 0 Å². The molecule has 0 aliphatic carbocycles. The van der Waals surface area contributed by atoms with Gasteiger partial charge in [-0.05, 0) is 31.7 Å². The molecule has 0 amide bonds. The van der Waals surface area contributed by atoms with Gasteiger partial charge in [-0.25, -0.2) is 0 Å². The van der Waals surface area contributed by atoms with E-state index >= 15 is 0 Å². The van der Waals surface area contributed by atoms with Crippen molar-refractivity contribution in [3.8, 4) is 0 Å². The number of thioether (sulfide) groups is 1. The van der Waals surface area contributed by atoms with Crippen LogP contribution in [0.25, 0.3) is 0 Å². The van der Waals surface area contributed by atoms with E-state index in [-0.39, 0.29) is 0 Å². The molecule has 0 heterocycles. The maximum atomic E-state index is 5.98. The Balaban J connectivity index is 2.62. The highest BCUT2D eigenvalue weighted by molar-refractivity contribution is 8.00. The van der Waals surface area contributed by atoms with Crippen molar-refractivity contribution >= 4 is 35.0 Å². The zero-order valence-corrected chi connectivity index (χ0v) is 12.1. The third-order valence-corrected chi connectivity index (χ3v) is 4.49. The molecule has 1 N–H and O–H groups in total. The highest BCUT2D eigenvalue weighted by Crippen LogP contribution is 2.31. The summed E-state index contributed by atoms with van der Waals surface area (Å²) in [7, 11) is 0. The van der Waals surface area contributed by atoms with Gasteiger partial charge in [0.1, 0.15) is 0 Å². The number of halogens is 2. The number of rotatable bonds is 5. The van der Waals surface area contributed by atoms with Crippen molar-refractivity contribution in [1.29, 1.82) is 0 Å². The van der Waals surface area contributed by atoms with Crippen LogP contribution in [0.1, 0.15) is 20.8 Å². The summed E-state index contributed by atoms with van der Waals surface area (Å²) in [5.41, 5.74) is 0. The predicted octanol–water partition coefficient (Wildman–Crippen LogP) is 4.47. The highest BCUT2D eigenvalue weighted by atomic mass is 35.5. The summed E-state index contributed by atoms with van der Waals surface area (Å²) in [5.74, 6) is 0. The first-order valence-electron chi connectivity index (χ1n) is 5.39. The van der Waals surface area contributed by atoms with Gasteiger partial charge in [-0.2, -0.15) is 0 Å². The topological polar surface area (TPSA) is 12.0 Å². The van der Waals surface area contributed by atoms with Crippen molar-refractivity contribution in [1.82, 2.24) is 5.32 Å². The van der Waals surface area contributed by atoms with Gasteiger partial charge in [-0.1, -0.05) is 37.0 Å². The molecule has 1 aromatic carbocycles. The Morgan fingerprint density at radius 1 is 1.25 bits per heavy atom. The molecule has 1 nitrogen and oxygen atoms in total. The summed E-state index contributed by atoms with van der Waals surface area (Å²) in [4.78, 5) is 1.16. The Kier molecular flexibility index (Phi) is 5.98. The lowest BCUT2D eigenvalue weighted by Crippen LogP contribution is -2.33. The number of hydrogen-bond donors (Lipinski definition) is 1. The molecule has 0 aromatic heterocycles. The SMILES string of the molecule is CCNC(C)C(C)Sc1ccc(Cl)c(Cl)c1. The lowest BCUT2D eigenvalue weighted by molar-refractivity contribution is 0.563. The van der Waals surface area contributed by atoms with Crippen LogP contribution in [0.5, 0.6) is 0 Å². The van der Waals surface area contributed by atoms with Gasteiger partial charge >= 0.3 is 0 Å². The van der Waals surface area contributed by atoms with E-state index < -0.39 is 0 Å². The van der Waals surface area contributed by atoms with Crippen LogP contribution in [0.15, 0.2) is 23.1 Å². The lowest BCUT2D eigenvalue weighted by Gasteiger charge is -2.20. The third-order valence-electron chi connectivity index (χ3n) is 2.44. The van der Waals surface area contributed by atoms with Crippen LogP contribution >= 0.6 is 35.0 Å². The average molecular weight is 278 g/mol. The molecule has 0 bridgehead atoms. The van der Waals surface area contributed by atoms with Crippen LogP contribution in [-0.4, -0.2) is 17.8 Å². The minimum Gasteiger partial charge on any atom is -0.313 e. The van der Waals surface area contributed by atoms with Crippen LogP contribution in [0.3, 0.4) is 0 Å². The first-order chi connectivity index (χ1) is 7.54. The maximum absolute atomic E-state index is 5.98. The fraction of sp³-hybridized carbons (Fsp3) is 0.500. The fourth-order valence-electron chi connectivity index (χ4n) is 1.35. The first-order valence-corrected chi connectivity index (χ1v) is 7.03. The molecule has 0 radical (unpaired) electrons. The summed E-state index contributed by atoms with van der Waals surface area (Å²) in [6.07, 6.45) is 0. The normalized spacial score (nSPS) is 14.8. The van der Waals surface area contributed by atoms with Gasteiger partial charge in [0, 0.05) is 16.2 Å². The maximum Gasteiger partial charge on any atom is 0.0603 e. The second-order valence-corrected chi connectivity index (χ2v) is 6.01. The zero-order chi connectivity index (χ0) is 12.1. The molecule has 0 aliphatic rings. The van der Waals surface area contributed by atoms with E-state index in [9.17, 15) is 0 Å². The van der Waals surface area contributed by atoms with Crippen molar-refractivity contribution in [2.75, 3.05) is 6.54 Å². The van der Waals surface area contributed by atoms with Gasteiger partial charge in [0.15, 0.2) is 0 Å². The van der Waals surface area contributed by atoms with Gasteiger partial charge in [0.25, 0.3) is 0 Å². The Bertz CT molecular complexity index is 344. The monoisotopic (exact) mass is 277 g/mol. The molecule has 2 atom stereocenters. The molecule has 0 spiro atoms. The summed E-state index contributed by atoms with van der Waals surface area (Å²) in [6.45, 7) is 7.51. The molecule has 0 saturated carbocycles. The van der Waals surface area contributed by atoms with Crippen LogP contribution in [0.2, 0.25) is 10.0 Å². The van der Waals surface area contributed by atoms with E-state index in [0.29, 0.717) is 21.3 Å². The molecule has 16 heavy (non-hydrogen) atoms. The standard InChI is InChI=1S/C12H17Cl2NS/c1-4-15-8(2)9(3)16-10-5-6-11(13)12(14)7-10/h5-9,15H,4H2,1-3H3. The van der Waals surface area contributed by atoms with E-state index in [1.807, 2.05) is 30.0 Å². The summed E-state index contributed by atoms with van der Waals surface area (Å²) in [5, 5.41) is 5.14. The van der Waals surface area contributed by atoms with Crippen molar-refractivity contribution in [2.24, 2.45) is 0 Å². The Labute approximate surface area is 112 Å². The molecule has 2 unspecified atom stereocenters. The predicted molar refractivity (Wildman–Crippen MR) is 74.9 cm³/mol. The smallest absolute Gasteiger partial charge is 0.0603 e. The summed E-state index contributed by atoms with van der Waals surface area (Å²) in [6, 6.07) is 6.25. The van der Waals surface area contributed by atoms with E-state index in [1.54, 1.807) is 0 Å². The van der Waals surface area contributed by atoms with Crippen molar-refractivity contribution in [3.05, 3.63) is 28.2 Å². The second-order valence-electron chi connectivity index (χ2n) is 3.75. The van der Waals surface area contributed by atoms with Crippen LogP contribution < -0.4 is 5.32 Å². The quantitative estimate of drug-likeness (QED) is 0.797. The molecule has 4 heteroatoms. The van der Waals surface area contributed by atoms with Gasteiger partial charge in [-0.15, -0.1) is 11.8 Å². The highest BCUT2D eigenvalue weighted by Gasteiger charge is 2.12. The van der Waals surface area contributed by atoms with E-state index in [2.05, 4.69) is 26.1 Å². The molecular weight excluding hydrogens is 261 g/mol. The molecule has 0 saturated heterocycles. The van der Waals surface area contributed by atoms with Crippen LogP contribution in [0.4, 0.5) is 0 Å². The average Bonchev–Trinajstić information content (AvgIpc) is 2.24. The van der Waals surface area contributed by atoms with Crippen molar-refractivity contribution < 1.29 is 0 Å². The molecule has 1 rings (SSSR count). The zero-order valence-electron chi connectivity index (χ0n) is 9.76. The van der Waals surface area contributed by atoms with Gasteiger partial charge < -0.3 is 5.32 Å². The van der Waals surface area contributed by atoms with Crippen molar-refractivity contribution in [2.45, 2.75) is 37.0 Å². The first kappa shape index (κ1) is 14.2. The van der Waals surface area contributed by atoms with Crippen LogP contribution in [0, 0.1) is 0 Å². The van der Waals surface area contributed by atoms with Crippen molar-refractivity contribution in [3.63, 3.8) is 0 Å². The molecule has 1 aromatic rings.